The molecule has 0 fully saturated rings. The lowest BCUT2D eigenvalue weighted by Crippen LogP contribution is -2.21. The number of hydrogen-bond acceptors (Lipinski definition) is 4. The zero-order valence-corrected chi connectivity index (χ0v) is 16.7. The van der Waals surface area contributed by atoms with Crippen LogP contribution in [0.25, 0.3) is 0 Å². The van der Waals surface area contributed by atoms with Crippen LogP contribution in [0.5, 0.6) is 0 Å². The number of carbonyl (C=O) groups excluding carboxylic acids is 1. The highest BCUT2D eigenvalue weighted by atomic mass is 35.5. The highest BCUT2D eigenvalue weighted by molar-refractivity contribution is 6.31. The van der Waals surface area contributed by atoms with Gasteiger partial charge in [0, 0.05) is 24.9 Å². The van der Waals surface area contributed by atoms with Crippen molar-refractivity contribution < 1.29 is 4.79 Å². The smallest absolute Gasteiger partial charge is 0.227 e. The van der Waals surface area contributed by atoms with Crippen LogP contribution >= 0.6 is 11.6 Å². The first-order valence-corrected chi connectivity index (χ1v) is 9.17. The van der Waals surface area contributed by atoms with Gasteiger partial charge in [-0.05, 0) is 45.4 Å². The summed E-state index contributed by atoms with van der Waals surface area (Å²) in [5.41, 5.74) is 3.55. The van der Waals surface area contributed by atoms with Crippen molar-refractivity contribution in [2.45, 2.75) is 46.7 Å². The van der Waals surface area contributed by atoms with E-state index < -0.39 is 0 Å². The summed E-state index contributed by atoms with van der Waals surface area (Å²) < 4.78 is 3.59. The van der Waals surface area contributed by atoms with Crippen LogP contribution in [-0.2, 0) is 11.3 Å². The van der Waals surface area contributed by atoms with Gasteiger partial charge in [-0.25, -0.2) is 4.68 Å². The molecule has 0 saturated heterocycles. The van der Waals surface area contributed by atoms with E-state index in [0.29, 0.717) is 17.4 Å². The first-order valence-electron chi connectivity index (χ1n) is 8.79. The molecule has 142 valence electrons. The predicted molar refractivity (Wildman–Crippen MR) is 105 cm³/mol. The molecule has 8 heteroatoms. The van der Waals surface area contributed by atoms with Crippen molar-refractivity contribution in [3.8, 4) is 0 Å². The number of pyridine rings is 1. The molecular formula is C19H23ClN6O. The summed E-state index contributed by atoms with van der Waals surface area (Å²) in [6, 6.07) is 5.62. The van der Waals surface area contributed by atoms with Gasteiger partial charge < -0.3 is 5.32 Å². The molecule has 0 radical (unpaired) electrons. The Hall–Kier alpha value is -2.67. The van der Waals surface area contributed by atoms with Gasteiger partial charge in [0.05, 0.1) is 34.7 Å². The molecule has 1 amide bonds. The molecule has 3 heterocycles. The fourth-order valence-electron chi connectivity index (χ4n) is 3.05. The lowest BCUT2D eigenvalue weighted by Gasteiger charge is -2.15. The van der Waals surface area contributed by atoms with Crippen molar-refractivity contribution in [1.82, 2.24) is 24.5 Å². The molecule has 0 spiro atoms. The second-order valence-electron chi connectivity index (χ2n) is 6.71. The third-order valence-electron chi connectivity index (χ3n) is 4.39. The second-order valence-corrected chi connectivity index (χ2v) is 7.09. The number of aromatic nitrogens is 5. The van der Waals surface area contributed by atoms with E-state index in [4.69, 9.17) is 11.6 Å². The maximum Gasteiger partial charge on any atom is 0.227 e. The summed E-state index contributed by atoms with van der Waals surface area (Å²) in [5, 5.41) is 12.5. The monoisotopic (exact) mass is 386 g/mol. The average Bonchev–Trinajstić information content (AvgIpc) is 3.09. The maximum absolute atomic E-state index is 12.6. The number of rotatable bonds is 6. The predicted octanol–water partition coefficient (Wildman–Crippen LogP) is 3.69. The summed E-state index contributed by atoms with van der Waals surface area (Å²) in [7, 11) is 0. The minimum Gasteiger partial charge on any atom is -0.311 e. The lowest BCUT2D eigenvalue weighted by atomic mass is 10.2. The molecule has 1 N–H and O–H groups in total. The highest BCUT2D eigenvalue weighted by Gasteiger charge is 2.18. The Morgan fingerprint density at radius 2 is 1.93 bits per heavy atom. The molecule has 7 nitrogen and oxygen atoms in total. The topological polar surface area (TPSA) is 77.6 Å². The molecule has 1 unspecified atom stereocenters. The zero-order valence-electron chi connectivity index (χ0n) is 15.9. The Morgan fingerprint density at radius 1 is 1.22 bits per heavy atom. The van der Waals surface area contributed by atoms with E-state index in [1.807, 2.05) is 45.9 Å². The quantitative estimate of drug-likeness (QED) is 0.700. The number of hydrogen-bond donors (Lipinski definition) is 1. The third kappa shape index (κ3) is 4.36. The van der Waals surface area contributed by atoms with Gasteiger partial charge in [-0.1, -0.05) is 11.6 Å². The number of aryl methyl sites for hydroxylation is 2. The van der Waals surface area contributed by atoms with Crippen molar-refractivity contribution in [3.05, 3.63) is 58.3 Å². The molecule has 0 saturated carbocycles. The number of anilines is 1. The third-order valence-corrected chi connectivity index (χ3v) is 4.93. The minimum absolute atomic E-state index is 0.0953. The molecule has 27 heavy (non-hydrogen) atoms. The van der Waals surface area contributed by atoms with Gasteiger partial charge in [0.1, 0.15) is 5.82 Å². The molecule has 0 bridgehead atoms. The molecule has 0 aliphatic heterocycles. The first kappa shape index (κ1) is 19.1. The van der Waals surface area contributed by atoms with Crippen LogP contribution in [0.1, 0.15) is 42.0 Å². The number of halogens is 1. The fourth-order valence-corrected chi connectivity index (χ4v) is 3.17. The maximum atomic E-state index is 12.6. The van der Waals surface area contributed by atoms with Crippen LogP contribution in [0.15, 0.2) is 30.6 Å². The van der Waals surface area contributed by atoms with Crippen molar-refractivity contribution in [3.63, 3.8) is 0 Å². The molecule has 3 rings (SSSR count). The minimum atomic E-state index is -0.103. The van der Waals surface area contributed by atoms with Gasteiger partial charge in [-0.3, -0.25) is 14.5 Å². The van der Waals surface area contributed by atoms with Gasteiger partial charge in [0.15, 0.2) is 0 Å². The molecule has 3 aromatic rings. The van der Waals surface area contributed by atoms with E-state index in [9.17, 15) is 4.79 Å². The number of amides is 1. The van der Waals surface area contributed by atoms with Crippen molar-refractivity contribution in [1.29, 1.82) is 0 Å². The molecule has 0 aromatic carbocycles. The van der Waals surface area contributed by atoms with Crippen LogP contribution < -0.4 is 5.32 Å². The Labute approximate surface area is 163 Å². The lowest BCUT2D eigenvalue weighted by molar-refractivity contribution is -0.116. The SMILES string of the molecule is Cc1cc(NC(=O)CC(C)n2nc(C)c(Cl)c2C)n(Cc2ccncc2)n1. The fraction of sp³-hybridized carbons (Fsp3) is 0.368. The highest BCUT2D eigenvalue weighted by Crippen LogP contribution is 2.24. The van der Waals surface area contributed by atoms with Gasteiger partial charge in [-0.15, -0.1) is 0 Å². The van der Waals surface area contributed by atoms with Gasteiger partial charge in [-0.2, -0.15) is 10.2 Å². The number of nitrogens with zero attached hydrogens (tertiary/aromatic N) is 5. The van der Waals surface area contributed by atoms with E-state index in [-0.39, 0.29) is 18.4 Å². The van der Waals surface area contributed by atoms with Crippen molar-refractivity contribution >= 4 is 23.3 Å². The number of nitrogens with one attached hydrogen (secondary N) is 1. The Balaban J connectivity index is 1.70. The summed E-state index contributed by atoms with van der Waals surface area (Å²) >= 11 is 6.21. The molecular weight excluding hydrogens is 364 g/mol. The first-order chi connectivity index (χ1) is 12.8. The van der Waals surface area contributed by atoms with E-state index in [1.165, 1.54) is 0 Å². The standard InChI is InChI=1S/C19H23ClN6O/c1-12-9-17(25(23-12)11-16-5-7-21-8-6-16)22-18(27)10-13(2)26-15(4)19(20)14(3)24-26/h5-9,13H,10-11H2,1-4H3,(H,22,27). The van der Waals surface area contributed by atoms with Crippen molar-refractivity contribution in [2.75, 3.05) is 5.32 Å². The van der Waals surface area contributed by atoms with Crippen LogP contribution in [0.4, 0.5) is 5.82 Å². The van der Waals surface area contributed by atoms with Crippen LogP contribution in [0.3, 0.4) is 0 Å². The van der Waals surface area contributed by atoms with Gasteiger partial charge in [0.25, 0.3) is 0 Å². The van der Waals surface area contributed by atoms with Gasteiger partial charge >= 0.3 is 0 Å². The Bertz CT molecular complexity index is 947. The van der Waals surface area contributed by atoms with Crippen LogP contribution in [0, 0.1) is 20.8 Å². The normalized spacial score (nSPS) is 12.2. The van der Waals surface area contributed by atoms with E-state index in [0.717, 1.165) is 22.6 Å². The summed E-state index contributed by atoms with van der Waals surface area (Å²) in [6.45, 7) is 8.19. The molecule has 0 aliphatic rings. The Kier molecular flexibility index (Phi) is 5.60. The molecule has 3 aromatic heterocycles. The Morgan fingerprint density at radius 3 is 2.56 bits per heavy atom. The second kappa shape index (κ2) is 7.92. The summed E-state index contributed by atoms with van der Waals surface area (Å²) in [4.78, 5) is 16.6. The average molecular weight is 387 g/mol. The molecule has 1 atom stereocenters. The largest absolute Gasteiger partial charge is 0.311 e. The van der Waals surface area contributed by atoms with Crippen molar-refractivity contribution in [2.24, 2.45) is 0 Å². The summed E-state index contributed by atoms with van der Waals surface area (Å²) in [5.74, 6) is 0.579. The molecule has 0 aliphatic carbocycles. The van der Waals surface area contributed by atoms with Crippen LogP contribution in [-0.4, -0.2) is 30.5 Å². The van der Waals surface area contributed by atoms with Crippen LogP contribution in [0.2, 0.25) is 5.02 Å². The van der Waals surface area contributed by atoms with E-state index in [1.54, 1.807) is 21.8 Å². The van der Waals surface area contributed by atoms with E-state index >= 15 is 0 Å². The zero-order chi connectivity index (χ0) is 19.6. The van der Waals surface area contributed by atoms with Gasteiger partial charge in [0.2, 0.25) is 5.91 Å². The van der Waals surface area contributed by atoms with E-state index in [2.05, 4.69) is 20.5 Å². The number of carbonyl (C=O) groups is 1. The summed E-state index contributed by atoms with van der Waals surface area (Å²) in [6.07, 6.45) is 3.77.